The van der Waals surface area contributed by atoms with Crippen LogP contribution >= 0.6 is 20.2 Å². The molecular formula is C15H19Cl2FeN3O4. The quantitative estimate of drug-likeness (QED) is 0.485. The topological polar surface area (TPSA) is 101 Å². The molecule has 1 aromatic heterocycles. The molecule has 140 valence electrons. The number of halogens is 2. The molecule has 2 fully saturated rings. The van der Waals surface area contributed by atoms with Gasteiger partial charge in [-0.3, -0.25) is 14.6 Å². The van der Waals surface area contributed by atoms with Crippen LogP contribution in [0.3, 0.4) is 0 Å². The zero-order valence-corrected chi connectivity index (χ0v) is 15.9. The summed E-state index contributed by atoms with van der Waals surface area (Å²) in [5, 5.41) is 15.7. The summed E-state index contributed by atoms with van der Waals surface area (Å²) in [7, 11) is 9.53. The van der Waals surface area contributed by atoms with E-state index in [9.17, 15) is 14.7 Å². The summed E-state index contributed by atoms with van der Waals surface area (Å²) >= 11 is 0.194. The number of esters is 1. The van der Waals surface area contributed by atoms with Crippen LogP contribution in [0.1, 0.15) is 12.1 Å². The third-order valence-electron chi connectivity index (χ3n) is 4.49. The third kappa shape index (κ3) is 4.84. The molecule has 0 amide bonds. The molecule has 3 rings (SSSR count). The number of fused-ring (bicyclic) bond motifs is 2. The van der Waals surface area contributed by atoms with Gasteiger partial charge >= 0.3 is 45.3 Å². The zero-order valence-electron chi connectivity index (χ0n) is 13.3. The molecule has 3 N–H and O–H groups in total. The molecule has 2 aliphatic rings. The van der Waals surface area contributed by atoms with Crippen molar-refractivity contribution >= 4 is 32.1 Å². The number of aromatic nitrogens is 1. The first-order chi connectivity index (χ1) is 12.0. The van der Waals surface area contributed by atoms with Crippen LogP contribution in [0.25, 0.3) is 0 Å². The van der Waals surface area contributed by atoms with Gasteiger partial charge in [-0.2, -0.15) is 0 Å². The van der Waals surface area contributed by atoms with Crippen LogP contribution in [0.15, 0.2) is 24.4 Å². The number of carbonyl (C=O) groups is 2. The number of carboxylic acids is 1. The van der Waals surface area contributed by atoms with Crippen molar-refractivity contribution < 1.29 is 32.6 Å². The number of carboxylic acid groups (broad SMARTS) is 1. The molecule has 0 radical (unpaired) electrons. The Kier molecular flexibility index (Phi) is 7.49. The number of pyridine rings is 1. The molecule has 7 nitrogen and oxygen atoms in total. The Morgan fingerprint density at radius 2 is 1.80 bits per heavy atom. The summed E-state index contributed by atoms with van der Waals surface area (Å²) in [4.78, 5) is 28.2. The molecule has 0 spiro atoms. The van der Waals surface area contributed by atoms with E-state index in [1.54, 1.807) is 18.3 Å². The Morgan fingerprint density at radius 3 is 2.32 bits per heavy atom. The van der Waals surface area contributed by atoms with E-state index in [-0.39, 0.29) is 25.7 Å². The van der Waals surface area contributed by atoms with Crippen LogP contribution in [0, 0.1) is 10.8 Å². The average Bonchev–Trinajstić information content (AvgIpc) is 2.61. The molecular weight excluding hydrogens is 413 g/mol. The minimum absolute atomic E-state index is 0.0987. The molecule has 10 heteroatoms. The molecule has 2 aliphatic heterocycles. The summed E-state index contributed by atoms with van der Waals surface area (Å²) in [5.41, 5.74) is -1.10. The van der Waals surface area contributed by atoms with Gasteiger partial charge in [0.15, 0.2) is 0 Å². The standard InChI is InChI=1S/C15H19N3O4.2ClH.Fe/c19-12(20)14-6-15(9-16-7-14,10-17-8-14)13(21)22-5-11-3-1-2-4-18-11;;;/h1-4,16-17H,5-10H2,(H,19,20);2*1H;/q;;;+2/p-2. The van der Waals surface area contributed by atoms with E-state index in [2.05, 4.69) is 15.6 Å². The van der Waals surface area contributed by atoms with Gasteiger partial charge in [-0.05, 0) is 18.6 Å². The third-order valence-corrected chi connectivity index (χ3v) is 4.49. The summed E-state index contributed by atoms with van der Waals surface area (Å²) in [6.45, 7) is 1.68. The van der Waals surface area contributed by atoms with E-state index in [0.29, 0.717) is 38.3 Å². The van der Waals surface area contributed by atoms with Gasteiger partial charge in [-0.25, -0.2) is 0 Å². The van der Waals surface area contributed by atoms with Crippen molar-refractivity contribution in [1.29, 1.82) is 0 Å². The van der Waals surface area contributed by atoms with E-state index in [0.717, 1.165) is 0 Å². The zero-order chi connectivity index (χ0) is 18.3. The van der Waals surface area contributed by atoms with Gasteiger partial charge in [0.2, 0.25) is 0 Å². The molecule has 0 aromatic carbocycles. The average molecular weight is 432 g/mol. The number of hydrogen-bond donors (Lipinski definition) is 3. The number of piperidine rings is 2. The maximum atomic E-state index is 12.5. The van der Waals surface area contributed by atoms with Gasteiger partial charge in [0.1, 0.15) is 6.61 Å². The number of hydrogen-bond acceptors (Lipinski definition) is 6. The molecule has 1 aromatic rings. The molecule has 25 heavy (non-hydrogen) atoms. The van der Waals surface area contributed by atoms with Crippen molar-refractivity contribution in [1.82, 2.24) is 15.6 Å². The van der Waals surface area contributed by atoms with Gasteiger partial charge in [-0.1, -0.05) is 6.07 Å². The second-order valence-electron chi connectivity index (χ2n) is 6.20. The summed E-state index contributed by atoms with van der Waals surface area (Å²) in [6, 6.07) is 5.40. The molecule has 0 unspecified atom stereocenters. The molecule has 2 bridgehead atoms. The van der Waals surface area contributed by atoms with Gasteiger partial charge in [0.05, 0.1) is 16.5 Å². The summed E-state index contributed by atoms with van der Waals surface area (Å²) < 4.78 is 5.39. The second kappa shape index (κ2) is 9.16. The maximum absolute atomic E-state index is 12.5. The molecule has 2 saturated heterocycles. The monoisotopic (exact) mass is 431 g/mol. The van der Waals surface area contributed by atoms with E-state index in [1.807, 2.05) is 6.07 Å². The molecule has 0 saturated carbocycles. The molecule has 0 aliphatic carbocycles. The van der Waals surface area contributed by atoms with E-state index >= 15 is 0 Å². The van der Waals surface area contributed by atoms with Crippen molar-refractivity contribution in [2.24, 2.45) is 10.8 Å². The fourth-order valence-electron chi connectivity index (χ4n) is 3.32. The Morgan fingerprint density at radius 1 is 1.20 bits per heavy atom. The van der Waals surface area contributed by atoms with Gasteiger partial charge < -0.3 is 20.5 Å². The van der Waals surface area contributed by atoms with Crippen LogP contribution in [0.2, 0.25) is 0 Å². The number of nitrogens with one attached hydrogen (secondary N) is 2. The van der Waals surface area contributed by atoms with Crippen molar-refractivity contribution in [2.75, 3.05) is 26.2 Å². The summed E-state index contributed by atoms with van der Waals surface area (Å²) in [5.74, 6) is -1.25. The Hall–Kier alpha value is -0.891. The van der Waals surface area contributed by atoms with E-state index in [4.69, 9.17) is 24.9 Å². The number of aliphatic carboxylic acids is 1. The number of nitrogens with zero attached hydrogens (tertiary/aromatic N) is 1. The number of rotatable bonds is 4. The first kappa shape index (κ1) is 20.4. The summed E-state index contributed by atoms with van der Waals surface area (Å²) in [6.07, 6.45) is 1.94. The normalized spacial score (nSPS) is 27.8. The Bertz CT molecular complexity index is 596. The second-order valence-corrected chi connectivity index (χ2v) is 8.02. The number of carbonyl (C=O) groups excluding carboxylic acids is 1. The predicted molar refractivity (Wildman–Crippen MR) is 88.6 cm³/mol. The van der Waals surface area contributed by atoms with Gasteiger partial charge in [-0.15, -0.1) is 0 Å². The van der Waals surface area contributed by atoms with Crippen molar-refractivity contribution in [3.63, 3.8) is 0 Å². The van der Waals surface area contributed by atoms with Crippen LogP contribution < -0.4 is 10.6 Å². The van der Waals surface area contributed by atoms with Crippen LogP contribution in [0.5, 0.6) is 0 Å². The van der Waals surface area contributed by atoms with Crippen molar-refractivity contribution in [2.45, 2.75) is 13.0 Å². The van der Waals surface area contributed by atoms with E-state index in [1.165, 1.54) is 0 Å². The molecule has 0 atom stereocenters. The van der Waals surface area contributed by atoms with Crippen LogP contribution in [-0.4, -0.2) is 48.2 Å². The fraction of sp³-hybridized carbons (Fsp3) is 0.533. The Balaban J connectivity index is 0.000000701. The fourth-order valence-corrected chi connectivity index (χ4v) is 3.32. The van der Waals surface area contributed by atoms with Crippen LogP contribution in [-0.2, 0) is 34.1 Å². The van der Waals surface area contributed by atoms with Crippen molar-refractivity contribution in [3.8, 4) is 0 Å². The first-order valence-electron chi connectivity index (χ1n) is 7.55. The van der Waals surface area contributed by atoms with Gasteiger partial charge in [0.25, 0.3) is 0 Å². The Labute approximate surface area is 160 Å². The van der Waals surface area contributed by atoms with Gasteiger partial charge in [0, 0.05) is 32.4 Å². The van der Waals surface area contributed by atoms with Crippen molar-refractivity contribution in [3.05, 3.63) is 30.1 Å². The SMILES string of the molecule is O=C(O)C12CNCC(C(=O)OCc3ccccn3)(CNC1)C2.[Cl][Fe][Cl]. The van der Waals surface area contributed by atoms with E-state index < -0.39 is 16.8 Å². The predicted octanol–water partition coefficient (Wildman–Crippen LogP) is 1.16. The number of ether oxygens (including phenoxy) is 1. The first-order valence-corrected chi connectivity index (χ1v) is 10.6. The van der Waals surface area contributed by atoms with Crippen LogP contribution in [0.4, 0.5) is 0 Å². The molecule has 3 heterocycles. The minimum atomic E-state index is -0.944.